The number of halogens is 1. The molecule has 0 aliphatic carbocycles. The van der Waals surface area contributed by atoms with Crippen LogP contribution in [0.2, 0.25) is 0 Å². The van der Waals surface area contributed by atoms with Crippen LogP contribution in [0.3, 0.4) is 0 Å². The first-order chi connectivity index (χ1) is 1.00. The summed E-state index contributed by atoms with van der Waals surface area (Å²) in [6.07, 6.45) is 0. The largest absolute Gasteiger partial charge is 0.0901 e. The van der Waals surface area contributed by atoms with E-state index in [-0.39, 0.29) is 59.1 Å². The second-order valence-electron chi connectivity index (χ2n) is 0. The van der Waals surface area contributed by atoms with Crippen molar-refractivity contribution in [2.24, 2.45) is 0 Å². The van der Waals surface area contributed by atoms with Gasteiger partial charge in [-0.25, -0.2) is 0 Å². The molecule has 0 aliphatic heterocycles. The van der Waals surface area contributed by atoms with E-state index < -0.39 is 0 Å². The van der Waals surface area contributed by atoms with Gasteiger partial charge in [-0.3, -0.25) is 0 Å². The molecule has 16 valence electrons. The van der Waals surface area contributed by atoms with Crippen molar-refractivity contribution in [1.29, 1.82) is 0 Å². The van der Waals surface area contributed by atoms with Gasteiger partial charge in [0.25, 0.3) is 0 Å². The van der Waals surface area contributed by atoms with Crippen LogP contribution in [0.4, 0.5) is 0 Å². The van der Waals surface area contributed by atoms with E-state index in [9.17, 15) is 0 Å². The molecule has 0 amide bonds. The van der Waals surface area contributed by atoms with Gasteiger partial charge in [0.05, 0.1) is 0 Å². The van der Waals surface area contributed by atoms with Crippen LogP contribution in [0.1, 0.15) is 0 Å². The minimum Gasteiger partial charge on any atom is -0.0901 e. The number of alkyl halides is 1. The summed E-state index contributed by atoms with van der Waals surface area (Å²) in [7, 11) is 0. The zero-order valence-electron chi connectivity index (χ0n) is 3.38. The molecule has 4 heavy (non-hydrogen) atoms. The van der Waals surface area contributed by atoms with Crippen LogP contribution in [-0.4, -0.2) is 64.0 Å². The Morgan fingerprint density at radius 1 is 1.00 bits per heavy atom. The molecule has 0 heterocycles. The molecule has 0 saturated heterocycles. The summed E-state index contributed by atoms with van der Waals surface area (Å²) < 4.78 is 0. The third-order valence-electron chi connectivity index (χ3n) is 0. The van der Waals surface area contributed by atoms with Crippen LogP contribution in [-0.2, 0) is 0 Å². The summed E-state index contributed by atoms with van der Waals surface area (Å²) in [5.41, 5.74) is 0. The fourth-order valence-electron chi connectivity index (χ4n) is 0. The van der Waals surface area contributed by atoms with Crippen molar-refractivity contribution in [2.45, 2.75) is 0 Å². The minimum atomic E-state index is 0. The molecular formula is CH3INa2. The van der Waals surface area contributed by atoms with E-state index in [4.69, 9.17) is 0 Å². The van der Waals surface area contributed by atoms with Crippen molar-refractivity contribution in [2.75, 3.05) is 4.93 Å². The molecule has 0 aromatic carbocycles. The Balaban J connectivity index is -0.00000000500. The minimum absolute atomic E-state index is 0. The molecule has 2 radical (unpaired) electrons. The Morgan fingerprint density at radius 2 is 1.00 bits per heavy atom. The first kappa shape index (κ1) is 15.9. The Bertz CT molecular complexity index is 6.00. The van der Waals surface area contributed by atoms with Gasteiger partial charge in [-0.1, -0.05) is 22.6 Å². The maximum absolute atomic E-state index is 2.15. The van der Waals surface area contributed by atoms with Gasteiger partial charge in [-0.05, 0) is 4.93 Å². The SMILES string of the molecule is CI.[Na].[Na]. The molecule has 0 atom stereocenters. The van der Waals surface area contributed by atoms with E-state index in [0.717, 1.165) is 0 Å². The zero-order valence-corrected chi connectivity index (χ0v) is 9.54. The van der Waals surface area contributed by atoms with E-state index in [0.29, 0.717) is 0 Å². The van der Waals surface area contributed by atoms with Crippen molar-refractivity contribution >= 4 is 81.7 Å². The molecule has 0 N–H and O–H groups in total. The Labute approximate surface area is 84.8 Å². The van der Waals surface area contributed by atoms with Crippen LogP contribution < -0.4 is 0 Å². The van der Waals surface area contributed by atoms with Crippen LogP contribution in [0.15, 0.2) is 0 Å². The van der Waals surface area contributed by atoms with Crippen LogP contribution >= 0.6 is 22.6 Å². The molecule has 0 rings (SSSR count). The first-order valence-electron chi connectivity index (χ1n) is 0.378. The quantitative estimate of drug-likeness (QED) is 0.291. The monoisotopic (exact) mass is 188 g/mol. The van der Waals surface area contributed by atoms with Crippen LogP contribution in [0, 0.1) is 0 Å². The summed E-state index contributed by atoms with van der Waals surface area (Å²) in [5.74, 6) is 0. The van der Waals surface area contributed by atoms with Crippen molar-refractivity contribution in [1.82, 2.24) is 0 Å². The van der Waals surface area contributed by atoms with Gasteiger partial charge in [0.2, 0.25) is 0 Å². The van der Waals surface area contributed by atoms with Gasteiger partial charge >= 0.3 is 0 Å². The molecular weight excluding hydrogens is 185 g/mol. The van der Waals surface area contributed by atoms with Gasteiger partial charge in [0, 0.05) is 59.1 Å². The molecule has 0 aromatic heterocycles. The maximum atomic E-state index is 2.15. The normalized spacial score (nSPS) is 1.50. The molecule has 0 aromatic rings. The fraction of sp³-hybridized carbons (Fsp3) is 1.00. The van der Waals surface area contributed by atoms with Crippen molar-refractivity contribution in [3.05, 3.63) is 0 Å². The molecule has 0 bridgehead atoms. The zero-order chi connectivity index (χ0) is 2.00. The summed E-state index contributed by atoms with van der Waals surface area (Å²) >= 11 is 2.15. The topological polar surface area (TPSA) is 0 Å². The van der Waals surface area contributed by atoms with Gasteiger partial charge in [0.15, 0.2) is 0 Å². The average molecular weight is 188 g/mol. The molecule has 0 nitrogen and oxygen atoms in total. The standard InChI is InChI=1S/CH3I.2Na/c1-2;;/h1H3;;. The second kappa shape index (κ2) is 17.2. The van der Waals surface area contributed by atoms with E-state index in [1.165, 1.54) is 0 Å². The maximum Gasteiger partial charge on any atom is 0 e. The van der Waals surface area contributed by atoms with E-state index in [1.54, 1.807) is 0 Å². The molecule has 0 fully saturated rings. The van der Waals surface area contributed by atoms with Crippen LogP contribution in [0.25, 0.3) is 0 Å². The van der Waals surface area contributed by atoms with Crippen molar-refractivity contribution in [3.8, 4) is 0 Å². The van der Waals surface area contributed by atoms with E-state index in [2.05, 4.69) is 22.6 Å². The first-order valence-corrected chi connectivity index (χ1v) is 2.54. The van der Waals surface area contributed by atoms with Gasteiger partial charge < -0.3 is 0 Å². The fourth-order valence-corrected chi connectivity index (χ4v) is 0. The molecule has 3 heteroatoms. The predicted molar refractivity (Wildman–Crippen MR) is 31.5 cm³/mol. The average Bonchev–Trinajstić information content (AvgIpc) is 1.00. The molecule has 0 saturated carbocycles. The van der Waals surface area contributed by atoms with Crippen molar-refractivity contribution < 1.29 is 0 Å². The summed E-state index contributed by atoms with van der Waals surface area (Å²) in [4.78, 5) is 1.97. The Kier molecular flexibility index (Phi) is 68.3. The summed E-state index contributed by atoms with van der Waals surface area (Å²) in [5, 5.41) is 0. The number of hydrogen-bond donors (Lipinski definition) is 0. The summed E-state index contributed by atoms with van der Waals surface area (Å²) in [6, 6.07) is 0. The Hall–Kier alpha value is 2.73. The van der Waals surface area contributed by atoms with Gasteiger partial charge in [-0.15, -0.1) is 0 Å². The second-order valence-corrected chi connectivity index (χ2v) is 0. The molecule has 0 aliphatic rings. The smallest absolute Gasteiger partial charge is 0 e. The Morgan fingerprint density at radius 3 is 1.00 bits per heavy atom. The number of rotatable bonds is 0. The third kappa shape index (κ3) is 8.83. The predicted octanol–water partition coefficient (Wildman–Crippen LogP) is 0.290. The number of hydrogen-bond acceptors (Lipinski definition) is 0. The van der Waals surface area contributed by atoms with Crippen molar-refractivity contribution in [3.63, 3.8) is 0 Å². The third-order valence-corrected chi connectivity index (χ3v) is 0. The van der Waals surface area contributed by atoms with E-state index in [1.807, 2.05) is 4.93 Å². The van der Waals surface area contributed by atoms with Crippen LogP contribution in [0.5, 0.6) is 0 Å². The molecule has 0 unspecified atom stereocenters. The van der Waals surface area contributed by atoms with E-state index >= 15 is 0 Å². The summed E-state index contributed by atoms with van der Waals surface area (Å²) in [6.45, 7) is 0. The van der Waals surface area contributed by atoms with Gasteiger partial charge in [-0.2, -0.15) is 0 Å². The molecule has 0 spiro atoms. The van der Waals surface area contributed by atoms with Gasteiger partial charge in [0.1, 0.15) is 0 Å².